The van der Waals surface area contributed by atoms with Gasteiger partial charge in [0, 0.05) is 24.4 Å². The lowest BCUT2D eigenvalue weighted by Gasteiger charge is -2.16. The van der Waals surface area contributed by atoms with Crippen LogP contribution in [-0.2, 0) is 11.3 Å². The van der Waals surface area contributed by atoms with E-state index >= 15 is 0 Å². The molecule has 6 nitrogen and oxygen atoms in total. The summed E-state index contributed by atoms with van der Waals surface area (Å²) in [6, 6.07) is 18.8. The topological polar surface area (TPSA) is 95.3 Å². The molecule has 2 atom stereocenters. The minimum atomic E-state index is -0.866. The van der Waals surface area contributed by atoms with Crippen LogP contribution in [0.2, 0.25) is 0 Å². The van der Waals surface area contributed by atoms with E-state index in [1.165, 1.54) is 0 Å². The summed E-state index contributed by atoms with van der Waals surface area (Å²) in [5, 5.41) is 23.1. The molecule has 6 heteroatoms. The van der Waals surface area contributed by atoms with Gasteiger partial charge in [-0.05, 0) is 41.8 Å². The molecule has 2 unspecified atom stereocenters. The van der Waals surface area contributed by atoms with Gasteiger partial charge in [-0.1, -0.05) is 43.3 Å². The molecule has 0 aliphatic rings. The summed E-state index contributed by atoms with van der Waals surface area (Å²) in [5.41, 5.74) is 3.02. The first-order valence-electron chi connectivity index (χ1n) is 9.67. The van der Waals surface area contributed by atoms with E-state index in [-0.39, 0.29) is 12.3 Å². The molecular weight excluding hydrogens is 366 g/mol. The first kappa shape index (κ1) is 20.5. The summed E-state index contributed by atoms with van der Waals surface area (Å²) in [6.07, 6.45) is 1.58. The average molecular weight is 391 g/mol. The molecule has 29 heavy (non-hydrogen) atoms. The zero-order valence-electron chi connectivity index (χ0n) is 16.3. The van der Waals surface area contributed by atoms with E-state index < -0.39 is 12.1 Å². The lowest BCUT2D eigenvalue weighted by Crippen LogP contribution is -2.10. The first-order chi connectivity index (χ1) is 14.1. The largest absolute Gasteiger partial charge is 0.481 e. The molecule has 1 aromatic carbocycles. The Labute approximate surface area is 170 Å². The molecule has 3 aromatic rings. The minimum absolute atomic E-state index is 0.0288. The number of aromatic nitrogens is 2. The Balaban J connectivity index is 1.69. The van der Waals surface area contributed by atoms with E-state index in [1.807, 2.05) is 61.5 Å². The van der Waals surface area contributed by atoms with Gasteiger partial charge in [-0.25, -0.2) is 4.98 Å². The van der Waals surface area contributed by atoms with Gasteiger partial charge in [0.25, 0.3) is 0 Å². The number of carboxylic acids is 1. The van der Waals surface area contributed by atoms with E-state index in [4.69, 9.17) is 5.11 Å². The summed E-state index contributed by atoms with van der Waals surface area (Å²) in [7, 11) is 0. The van der Waals surface area contributed by atoms with Crippen LogP contribution < -0.4 is 5.32 Å². The summed E-state index contributed by atoms with van der Waals surface area (Å²) < 4.78 is 0. The quantitative estimate of drug-likeness (QED) is 0.507. The fourth-order valence-electron chi connectivity index (χ4n) is 3.17. The number of anilines is 1. The Morgan fingerprint density at radius 2 is 1.79 bits per heavy atom. The van der Waals surface area contributed by atoms with Gasteiger partial charge < -0.3 is 15.5 Å². The van der Waals surface area contributed by atoms with E-state index in [0.717, 1.165) is 16.9 Å². The molecule has 150 valence electrons. The number of nitrogens with zero attached hydrogens (tertiary/aromatic N) is 2. The summed E-state index contributed by atoms with van der Waals surface area (Å²) in [6.45, 7) is 2.57. The zero-order valence-corrected chi connectivity index (χ0v) is 16.3. The predicted molar refractivity (Wildman–Crippen MR) is 112 cm³/mol. The number of hydrogen-bond donors (Lipinski definition) is 3. The number of rotatable bonds is 9. The highest BCUT2D eigenvalue weighted by Crippen LogP contribution is 2.26. The number of aliphatic hydroxyl groups is 1. The van der Waals surface area contributed by atoms with Crippen LogP contribution in [0.5, 0.6) is 0 Å². The third-order valence-corrected chi connectivity index (χ3v) is 4.84. The summed E-state index contributed by atoms with van der Waals surface area (Å²) >= 11 is 0. The molecule has 0 spiro atoms. The zero-order chi connectivity index (χ0) is 20.6. The second-order valence-corrected chi connectivity index (χ2v) is 6.90. The van der Waals surface area contributed by atoms with Crippen LogP contribution in [-0.4, -0.2) is 26.2 Å². The highest BCUT2D eigenvalue weighted by molar-refractivity contribution is 5.67. The van der Waals surface area contributed by atoms with Crippen molar-refractivity contribution in [2.24, 2.45) is 0 Å². The van der Waals surface area contributed by atoms with Crippen molar-refractivity contribution in [2.75, 3.05) is 5.32 Å². The molecule has 0 saturated heterocycles. The van der Waals surface area contributed by atoms with Gasteiger partial charge >= 0.3 is 5.97 Å². The Morgan fingerprint density at radius 1 is 1.03 bits per heavy atom. The SMILES string of the molecule is CCC(CC(=O)O)c1cccc(C(O)c2ccc(CNc3ccccn3)cc2)n1. The molecule has 0 aliphatic carbocycles. The monoisotopic (exact) mass is 391 g/mol. The van der Waals surface area contributed by atoms with Crippen molar-refractivity contribution >= 4 is 11.8 Å². The summed E-state index contributed by atoms with van der Waals surface area (Å²) in [4.78, 5) is 19.8. The van der Waals surface area contributed by atoms with E-state index in [2.05, 4.69) is 15.3 Å². The van der Waals surface area contributed by atoms with Crippen LogP contribution in [0.4, 0.5) is 5.82 Å². The predicted octanol–water partition coefficient (Wildman–Crippen LogP) is 4.14. The molecule has 3 N–H and O–H groups in total. The average Bonchev–Trinajstić information content (AvgIpc) is 2.76. The second-order valence-electron chi connectivity index (χ2n) is 6.90. The lowest BCUT2D eigenvalue weighted by molar-refractivity contribution is -0.137. The summed E-state index contributed by atoms with van der Waals surface area (Å²) in [5.74, 6) is -0.205. The van der Waals surface area contributed by atoms with Crippen LogP contribution in [0.15, 0.2) is 66.9 Å². The Kier molecular flexibility index (Phi) is 6.92. The molecule has 3 rings (SSSR count). The number of carboxylic acid groups (broad SMARTS) is 1. The van der Waals surface area contributed by atoms with E-state index in [9.17, 15) is 9.90 Å². The fourth-order valence-corrected chi connectivity index (χ4v) is 3.17. The number of aliphatic hydroxyl groups excluding tert-OH is 1. The third-order valence-electron chi connectivity index (χ3n) is 4.84. The molecule has 0 radical (unpaired) electrons. The van der Waals surface area contributed by atoms with Gasteiger partial charge in [-0.3, -0.25) is 9.78 Å². The van der Waals surface area contributed by atoms with Crippen LogP contribution in [0.1, 0.15) is 54.3 Å². The highest BCUT2D eigenvalue weighted by atomic mass is 16.4. The minimum Gasteiger partial charge on any atom is -0.481 e. The Bertz CT molecular complexity index is 930. The van der Waals surface area contributed by atoms with Crippen molar-refractivity contribution in [3.8, 4) is 0 Å². The van der Waals surface area contributed by atoms with Crippen molar-refractivity contribution in [1.82, 2.24) is 9.97 Å². The Morgan fingerprint density at radius 3 is 2.45 bits per heavy atom. The van der Waals surface area contributed by atoms with E-state index in [1.54, 1.807) is 12.3 Å². The van der Waals surface area contributed by atoms with Crippen molar-refractivity contribution in [3.05, 3.63) is 89.4 Å². The first-order valence-corrected chi connectivity index (χ1v) is 9.67. The van der Waals surface area contributed by atoms with Crippen LogP contribution in [0, 0.1) is 0 Å². The smallest absolute Gasteiger partial charge is 0.304 e. The molecule has 0 saturated carbocycles. The normalized spacial score (nSPS) is 12.9. The van der Waals surface area contributed by atoms with Gasteiger partial charge in [0.15, 0.2) is 0 Å². The molecule has 2 aromatic heterocycles. The third kappa shape index (κ3) is 5.62. The van der Waals surface area contributed by atoms with Crippen LogP contribution in [0.25, 0.3) is 0 Å². The van der Waals surface area contributed by atoms with Gasteiger partial charge in [0.05, 0.1) is 12.1 Å². The van der Waals surface area contributed by atoms with Crippen molar-refractivity contribution in [1.29, 1.82) is 0 Å². The number of nitrogens with one attached hydrogen (secondary N) is 1. The number of hydrogen-bond acceptors (Lipinski definition) is 5. The maximum Gasteiger partial charge on any atom is 0.304 e. The van der Waals surface area contributed by atoms with Crippen LogP contribution in [0.3, 0.4) is 0 Å². The number of aliphatic carboxylic acids is 1. The van der Waals surface area contributed by atoms with Crippen molar-refractivity contribution in [3.63, 3.8) is 0 Å². The molecular formula is C23H25N3O3. The second kappa shape index (κ2) is 9.80. The Hall–Kier alpha value is -3.25. The maximum atomic E-state index is 11.1. The maximum absolute atomic E-state index is 11.1. The van der Waals surface area contributed by atoms with Gasteiger partial charge in [-0.2, -0.15) is 0 Å². The lowest BCUT2D eigenvalue weighted by atomic mass is 9.96. The standard InChI is InChI=1S/C23H25N3O3/c1-2-17(14-22(27)28)19-6-5-7-20(26-19)23(29)18-11-9-16(10-12-18)15-25-21-8-3-4-13-24-21/h3-13,17,23,29H,2,14-15H2,1H3,(H,24,25)(H,27,28). The molecule has 0 bridgehead atoms. The highest BCUT2D eigenvalue weighted by Gasteiger charge is 2.18. The van der Waals surface area contributed by atoms with Crippen molar-refractivity contribution < 1.29 is 15.0 Å². The number of carbonyl (C=O) groups is 1. The molecule has 2 heterocycles. The number of benzene rings is 1. The fraction of sp³-hybridized carbons (Fsp3) is 0.261. The number of pyridine rings is 2. The molecule has 0 amide bonds. The van der Waals surface area contributed by atoms with Crippen molar-refractivity contribution in [2.45, 2.75) is 38.3 Å². The van der Waals surface area contributed by atoms with Crippen LogP contribution >= 0.6 is 0 Å². The molecule has 0 aliphatic heterocycles. The molecule has 0 fully saturated rings. The van der Waals surface area contributed by atoms with Gasteiger partial charge in [0.2, 0.25) is 0 Å². The van der Waals surface area contributed by atoms with Gasteiger partial charge in [-0.15, -0.1) is 0 Å². The van der Waals surface area contributed by atoms with E-state index in [0.29, 0.717) is 24.4 Å². The van der Waals surface area contributed by atoms with Gasteiger partial charge in [0.1, 0.15) is 11.9 Å².